The number of hydrogen-bond acceptors (Lipinski definition) is 4. The maximum Gasteiger partial charge on any atom is 0.344 e. The zero-order chi connectivity index (χ0) is 6.57. The van der Waals surface area contributed by atoms with E-state index in [-0.39, 0.29) is 4.91 Å². The summed E-state index contributed by atoms with van der Waals surface area (Å²) in [4.78, 5) is 10.5. The summed E-state index contributed by atoms with van der Waals surface area (Å²) in [6.07, 6.45) is 0. The van der Waals surface area contributed by atoms with Crippen molar-refractivity contribution in [2.24, 2.45) is 0 Å². The number of carbonyl (C=O) groups is 1. The summed E-state index contributed by atoms with van der Waals surface area (Å²) < 4.78 is 4.27. The van der Waals surface area contributed by atoms with Gasteiger partial charge in [0.2, 0.25) is 0 Å². The van der Waals surface area contributed by atoms with Crippen molar-refractivity contribution in [3.8, 4) is 0 Å². The molecular weight excluding hydrogens is 144 g/mol. The van der Waals surface area contributed by atoms with Crippen LogP contribution in [0.1, 0.15) is 0 Å². The lowest BCUT2D eigenvalue weighted by Crippen LogP contribution is -1.98. The van der Waals surface area contributed by atoms with Gasteiger partial charge < -0.3 is 4.74 Å². The van der Waals surface area contributed by atoms with E-state index < -0.39 is 5.97 Å². The van der Waals surface area contributed by atoms with E-state index >= 15 is 0 Å². The van der Waals surface area contributed by atoms with Gasteiger partial charge in [0, 0.05) is 0 Å². The van der Waals surface area contributed by atoms with Gasteiger partial charge in [-0.05, 0) is 5.41 Å². The van der Waals surface area contributed by atoms with E-state index in [0.29, 0.717) is 0 Å². The molecule has 0 amide bonds. The Balaban J connectivity index is 3.83. The van der Waals surface area contributed by atoms with Crippen LogP contribution in [0.5, 0.6) is 0 Å². The Morgan fingerprint density at radius 3 is 2.38 bits per heavy atom. The summed E-state index contributed by atoms with van der Waals surface area (Å²) in [5.74, 6) is -0.469. The monoisotopic (exact) mass is 150 g/mol. The van der Waals surface area contributed by atoms with E-state index in [9.17, 15) is 4.79 Å². The zero-order valence-corrected chi connectivity index (χ0v) is 6.08. The molecule has 46 valence electrons. The highest BCUT2D eigenvalue weighted by molar-refractivity contribution is 7.88. The number of methoxy groups -OCH3 is 1. The maximum absolute atomic E-state index is 10.3. The standard InChI is InChI=1S/C4H6O2S2/c1-6-4(5)3(8)2-7/h2,7-8H,1H3/b3-2+. The molecule has 0 radical (unpaired) electrons. The number of hydrogen-bond donors (Lipinski definition) is 2. The van der Waals surface area contributed by atoms with Crippen molar-refractivity contribution < 1.29 is 9.53 Å². The lowest BCUT2D eigenvalue weighted by molar-refractivity contribution is -0.135. The molecule has 0 aliphatic carbocycles. The highest BCUT2D eigenvalue weighted by Gasteiger charge is 2.00. The molecular formula is C4H6O2S2. The van der Waals surface area contributed by atoms with Crippen LogP contribution in [-0.2, 0) is 9.53 Å². The molecule has 4 heteroatoms. The largest absolute Gasteiger partial charge is 0.465 e. The van der Waals surface area contributed by atoms with Crippen LogP contribution in [0.3, 0.4) is 0 Å². The molecule has 0 bridgehead atoms. The fourth-order valence-corrected chi connectivity index (χ4v) is 0.354. The van der Waals surface area contributed by atoms with Gasteiger partial charge in [-0.25, -0.2) is 4.79 Å². The molecule has 0 unspecified atom stereocenters. The lowest BCUT2D eigenvalue weighted by atomic mass is 10.6. The Hall–Kier alpha value is -0.0900. The van der Waals surface area contributed by atoms with E-state index in [1.54, 1.807) is 0 Å². The molecule has 8 heavy (non-hydrogen) atoms. The Morgan fingerprint density at radius 2 is 2.25 bits per heavy atom. The van der Waals surface area contributed by atoms with Crippen LogP contribution in [0.25, 0.3) is 0 Å². The Bertz CT molecular complexity index is 119. The van der Waals surface area contributed by atoms with Gasteiger partial charge in [0.15, 0.2) is 0 Å². The van der Waals surface area contributed by atoms with Crippen molar-refractivity contribution in [3.63, 3.8) is 0 Å². The first-order chi connectivity index (χ1) is 3.72. The molecule has 0 N–H and O–H groups in total. The molecule has 0 aromatic carbocycles. The highest BCUT2D eigenvalue weighted by Crippen LogP contribution is 2.02. The first-order valence-electron chi connectivity index (χ1n) is 1.84. The second kappa shape index (κ2) is 3.86. The smallest absolute Gasteiger partial charge is 0.344 e. The first kappa shape index (κ1) is 7.91. The lowest BCUT2D eigenvalue weighted by Gasteiger charge is -1.92. The van der Waals surface area contributed by atoms with Gasteiger partial charge >= 0.3 is 5.97 Å². The van der Waals surface area contributed by atoms with E-state index in [2.05, 4.69) is 30.0 Å². The van der Waals surface area contributed by atoms with E-state index in [4.69, 9.17) is 0 Å². The second-order valence-electron chi connectivity index (χ2n) is 1.01. The number of esters is 1. The minimum absolute atomic E-state index is 0.204. The molecule has 0 saturated heterocycles. The van der Waals surface area contributed by atoms with Crippen LogP contribution in [0.4, 0.5) is 0 Å². The molecule has 0 aromatic rings. The molecule has 0 aliphatic heterocycles. The average Bonchev–Trinajstić information content (AvgIpc) is 1.84. The van der Waals surface area contributed by atoms with Gasteiger partial charge in [-0.2, -0.15) is 0 Å². The molecule has 0 saturated carbocycles. The minimum Gasteiger partial charge on any atom is -0.465 e. The maximum atomic E-state index is 10.3. The van der Waals surface area contributed by atoms with Crippen molar-refractivity contribution in [1.29, 1.82) is 0 Å². The van der Waals surface area contributed by atoms with Crippen LogP contribution in [0.2, 0.25) is 0 Å². The van der Waals surface area contributed by atoms with Crippen LogP contribution in [-0.4, -0.2) is 13.1 Å². The normalized spacial score (nSPS) is 11.1. The molecule has 2 nitrogen and oxygen atoms in total. The number of carbonyl (C=O) groups excluding carboxylic acids is 1. The average molecular weight is 150 g/mol. The van der Waals surface area contributed by atoms with Gasteiger partial charge in [-0.1, -0.05) is 0 Å². The predicted molar refractivity (Wildman–Crippen MR) is 38.1 cm³/mol. The zero-order valence-electron chi connectivity index (χ0n) is 4.29. The van der Waals surface area contributed by atoms with Crippen LogP contribution < -0.4 is 0 Å². The van der Waals surface area contributed by atoms with Crippen molar-refractivity contribution in [2.45, 2.75) is 0 Å². The van der Waals surface area contributed by atoms with Crippen molar-refractivity contribution in [3.05, 3.63) is 10.3 Å². The van der Waals surface area contributed by atoms with Crippen LogP contribution >= 0.6 is 25.3 Å². The number of ether oxygens (including phenoxy) is 1. The molecule has 0 fully saturated rings. The number of rotatable bonds is 1. The predicted octanol–water partition coefficient (Wildman–Crippen LogP) is 0.860. The van der Waals surface area contributed by atoms with Crippen molar-refractivity contribution >= 4 is 31.2 Å². The summed E-state index contributed by atoms with van der Waals surface area (Å²) in [5, 5.41) is 1.27. The summed E-state index contributed by atoms with van der Waals surface area (Å²) in [6.45, 7) is 0. The van der Waals surface area contributed by atoms with Gasteiger partial charge in [0.25, 0.3) is 0 Å². The van der Waals surface area contributed by atoms with Crippen LogP contribution in [0, 0.1) is 0 Å². The third kappa shape index (κ3) is 2.28. The van der Waals surface area contributed by atoms with Crippen molar-refractivity contribution in [2.75, 3.05) is 7.11 Å². The molecule has 0 aromatic heterocycles. The van der Waals surface area contributed by atoms with Crippen molar-refractivity contribution in [1.82, 2.24) is 0 Å². The third-order valence-electron chi connectivity index (χ3n) is 0.517. The summed E-state index contributed by atoms with van der Waals surface area (Å²) in [7, 11) is 1.29. The number of thiol groups is 2. The summed E-state index contributed by atoms with van der Waals surface area (Å²) in [5.41, 5.74) is 0. The summed E-state index contributed by atoms with van der Waals surface area (Å²) in [6, 6.07) is 0. The third-order valence-corrected chi connectivity index (χ3v) is 1.29. The van der Waals surface area contributed by atoms with E-state index in [0.717, 1.165) is 0 Å². The second-order valence-corrected chi connectivity index (χ2v) is 1.75. The fourth-order valence-electron chi connectivity index (χ4n) is 0.157. The summed E-state index contributed by atoms with van der Waals surface area (Å²) >= 11 is 7.38. The fraction of sp³-hybridized carbons (Fsp3) is 0.250. The highest BCUT2D eigenvalue weighted by atomic mass is 32.1. The van der Waals surface area contributed by atoms with Gasteiger partial charge in [-0.15, -0.1) is 25.3 Å². The topological polar surface area (TPSA) is 26.3 Å². The SMILES string of the molecule is COC(=O)/C(S)=C\S. The van der Waals surface area contributed by atoms with Gasteiger partial charge in [-0.3, -0.25) is 0 Å². The molecule has 0 aliphatic rings. The van der Waals surface area contributed by atoms with Crippen LogP contribution in [0.15, 0.2) is 10.3 Å². The Kier molecular flexibility index (Phi) is 3.81. The van der Waals surface area contributed by atoms with Gasteiger partial charge in [0.1, 0.15) is 0 Å². The quantitative estimate of drug-likeness (QED) is 0.329. The molecule has 0 heterocycles. The van der Waals surface area contributed by atoms with E-state index in [1.165, 1.54) is 12.5 Å². The van der Waals surface area contributed by atoms with Gasteiger partial charge in [0.05, 0.1) is 12.0 Å². The Morgan fingerprint density at radius 1 is 1.75 bits per heavy atom. The van der Waals surface area contributed by atoms with E-state index in [1.807, 2.05) is 0 Å². The molecule has 0 rings (SSSR count). The minimum atomic E-state index is -0.469. The molecule has 0 spiro atoms. The first-order valence-corrected chi connectivity index (χ1v) is 2.80. The Labute approximate surface area is 58.7 Å². The molecule has 0 atom stereocenters.